The minimum Gasteiger partial charge on any atom is -0.342 e. The summed E-state index contributed by atoms with van der Waals surface area (Å²) in [6.45, 7) is 3.72. The van der Waals surface area contributed by atoms with Crippen LogP contribution in [0.1, 0.15) is 45.4 Å². The Morgan fingerprint density at radius 2 is 2.24 bits per heavy atom. The number of hydrogen-bond acceptors (Lipinski definition) is 3. The van der Waals surface area contributed by atoms with Crippen LogP contribution in [0.4, 0.5) is 0 Å². The van der Waals surface area contributed by atoms with Crippen molar-refractivity contribution in [1.29, 1.82) is 0 Å². The van der Waals surface area contributed by atoms with E-state index >= 15 is 0 Å². The molecule has 17 heavy (non-hydrogen) atoms. The number of nitrogens with zero attached hydrogens (tertiary/aromatic N) is 1. The second-order valence-corrected chi connectivity index (χ2v) is 4.75. The van der Waals surface area contributed by atoms with Gasteiger partial charge in [0.15, 0.2) is 0 Å². The molecule has 1 saturated heterocycles. The number of amides is 2. The van der Waals surface area contributed by atoms with E-state index in [0.717, 1.165) is 45.2 Å². The SMILES string of the molecule is CC1CCCN(CCCCCC(=O)NN)C1=O. The second kappa shape index (κ2) is 7.27. The molecule has 1 atom stereocenters. The number of piperidine rings is 1. The molecule has 0 aromatic carbocycles. The average Bonchev–Trinajstić information content (AvgIpc) is 2.33. The summed E-state index contributed by atoms with van der Waals surface area (Å²) in [5, 5.41) is 0. The molecule has 0 spiro atoms. The number of hydrazine groups is 1. The summed E-state index contributed by atoms with van der Waals surface area (Å²) in [7, 11) is 0. The van der Waals surface area contributed by atoms with Crippen molar-refractivity contribution in [3.8, 4) is 0 Å². The Kier molecular flexibility index (Phi) is 5.97. The smallest absolute Gasteiger partial charge is 0.233 e. The molecule has 1 aliphatic rings. The largest absolute Gasteiger partial charge is 0.342 e. The maximum Gasteiger partial charge on any atom is 0.233 e. The maximum absolute atomic E-state index is 11.8. The van der Waals surface area contributed by atoms with Gasteiger partial charge in [0.25, 0.3) is 0 Å². The third-order valence-corrected chi connectivity index (χ3v) is 3.29. The molecule has 2 amide bonds. The molecular weight excluding hydrogens is 218 g/mol. The van der Waals surface area contributed by atoms with E-state index < -0.39 is 0 Å². The fourth-order valence-corrected chi connectivity index (χ4v) is 2.19. The summed E-state index contributed by atoms with van der Waals surface area (Å²) in [4.78, 5) is 24.6. The van der Waals surface area contributed by atoms with Crippen molar-refractivity contribution in [2.24, 2.45) is 11.8 Å². The van der Waals surface area contributed by atoms with Gasteiger partial charge in [0.1, 0.15) is 0 Å². The van der Waals surface area contributed by atoms with E-state index in [1.807, 2.05) is 11.8 Å². The molecule has 0 radical (unpaired) electrons. The van der Waals surface area contributed by atoms with Gasteiger partial charge in [-0.3, -0.25) is 15.0 Å². The maximum atomic E-state index is 11.8. The van der Waals surface area contributed by atoms with Crippen LogP contribution in [0.5, 0.6) is 0 Å². The fraction of sp³-hybridized carbons (Fsp3) is 0.833. The van der Waals surface area contributed by atoms with E-state index in [0.29, 0.717) is 6.42 Å². The first-order chi connectivity index (χ1) is 8.15. The first kappa shape index (κ1) is 14.0. The predicted octanol–water partition coefficient (Wildman–Crippen LogP) is 0.795. The Morgan fingerprint density at radius 3 is 2.94 bits per heavy atom. The van der Waals surface area contributed by atoms with Gasteiger partial charge in [0.2, 0.25) is 11.8 Å². The van der Waals surface area contributed by atoms with Crippen LogP contribution in [0.2, 0.25) is 0 Å². The van der Waals surface area contributed by atoms with Crippen LogP contribution in [0.3, 0.4) is 0 Å². The van der Waals surface area contributed by atoms with Crippen molar-refractivity contribution in [1.82, 2.24) is 10.3 Å². The van der Waals surface area contributed by atoms with Crippen LogP contribution >= 0.6 is 0 Å². The van der Waals surface area contributed by atoms with Gasteiger partial charge >= 0.3 is 0 Å². The van der Waals surface area contributed by atoms with Crippen LogP contribution in [0.15, 0.2) is 0 Å². The van der Waals surface area contributed by atoms with E-state index in [2.05, 4.69) is 5.43 Å². The van der Waals surface area contributed by atoms with Crippen LogP contribution in [0, 0.1) is 5.92 Å². The monoisotopic (exact) mass is 241 g/mol. The van der Waals surface area contributed by atoms with E-state index in [1.165, 1.54) is 0 Å². The van der Waals surface area contributed by atoms with Gasteiger partial charge in [-0.1, -0.05) is 13.3 Å². The highest BCUT2D eigenvalue weighted by Crippen LogP contribution is 2.17. The lowest BCUT2D eigenvalue weighted by atomic mass is 9.99. The molecule has 0 bridgehead atoms. The molecule has 0 aromatic rings. The molecule has 0 saturated carbocycles. The molecule has 0 aliphatic carbocycles. The molecule has 1 heterocycles. The summed E-state index contributed by atoms with van der Waals surface area (Å²) in [5.41, 5.74) is 2.11. The molecule has 1 unspecified atom stereocenters. The highest BCUT2D eigenvalue weighted by molar-refractivity contribution is 5.79. The molecule has 3 N–H and O–H groups in total. The normalized spacial score (nSPS) is 20.5. The van der Waals surface area contributed by atoms with Crippen LogP contribution in [-0.2, 0) is 9.59 Å². The van der Waals surface area contributed by atoms with Crippen LogP contribution in [0.25, 0.3) is 0 Å². The van der Waals surface area contributed by atoms with Crippen LogP contribution in [-0.4, -0.2) is 29.8 Å². The van der Waals surface area contributed by atoms with Crippen molar-refractivity contribution < 1.29 is 9.59 Å². The molecule has 1 rings (SSSR count). The van der Waals surface area contributed by atoms with Crippen LogP contribution < -0.4 is 11.3 Å². The summed E-state index contributed by atoms with van der Waals surface area (Å²) in [5.74, 6) is 5.34. The van der Waals surface area contributed by atoms with E-state index in [4.69, 9.17) is 5.84 Å². The van der Waals surface area contributed by atoms with Crippen molar-refractivity contribution in [2.45, 2.75) is 45.4 Å². The zero-order valence-corrected chi connectivity index (χ0v) is 10.6. The number of carbonyl (C=O) groups excluding carboxylic acids is 2. The van der Waals surface area contributed by atoms with Gasteiger partial charge in [-0.2, -0.15) is 0 Å². The number of rotatable bonds is 6. The predicted molar refractivity (Wildman–Crippen MR) is 65.8 cm³/mol. The van der Waals surface area contributed by atoms with E-state index in [1.54, 1.807) is 0 Å². The summed E-state index contributed by atoms with van der Waals surface area (Å²) in [6.07, 6.45) is 5.37. The zero-order valence-electron chi connectivity index (χ0n) is 10.6. The third kappa shape index (κ3) is 4.73. The van der Waals surface area contributed by atoms with Crippen molar-refractivity contribution in [3.63, 3.8) is 0 Å². The number of carbonyl (C=O) groups is 2. The van der Waals surface area contributed by atoms with Crippen molar-refractivity contribution in [3.05, 3.63) is 0 Å². The number of likely N-dealkylation sites (tertiary alicyclic amines) is 1. The third-order valence-electron chi connectivity index (χ3n) is 3.29. The first-order valence-electron chi connectivity index (χ1n) is 6.43. The highest BCUT2D eigenvalue weighted by atomic mass is 16.2. The Labute approximate surface area is 103 Å². The summed E-state index contributed by atoms with van der Waals surface area (Å²) >= 11 is 0. The lowest BCUT2D eigenvalue weighted by molar-refractivity contribution is -0.137. The lowest BCUT2D eigenvalue weighted by Crippen LogP contribution is -2.40. The fourth-order valence-electron chi connectivity index (χ4n) is 2.19. The minimum atomic E-state index is -0.118. The van der Waals surface area contributed by atoms with Crippen molar-refractivity contribution in [2.75, 3.05) is 13.1 Å². The van der Waals surface area contributed by atoms with E-state index in [9.17, 15) is 9.59 Å². The van der Waals surface area contributed by atoms with E-state index in [-0.39, 0.29) is 17.7 Å². The Hall–Kier alpha value is -1.10. The Bertz CT molecular complexity index is 268. The average molecular weight is 241 g/mol. The zero-order chi connectivity index (χ0) is 12.7. The molecule has 5 heteroatoms. The Morgan fingerprint density at radius 1 is 1.47 bits per heavy atom. The number of unbranched alkanes of at least 4 members (excludes halogenated alkanes) is 2. The standard InChI is InChI=1S/C12H23N3O2/c1-10-6-5-9-15(12(10)17)8-4-2-3-7-11(16)14-13/h10H,2-9,13H2,1H3,(H,14,16). The second-order valence-electron chi connectivity index (χ2n) is 4.75. The number of nitrogens with two attached hydrogens (primary N) is 1. The molecule has 1 aliphatic heterocycles. The summed E-state index contributed by atoms with van der Waals surface area (Å²) in [6, 6.07) is 0. The van der Waals surface area contributed by atoms with Crippen molar-refractivity contribution >= 4 is 11.8 Å². The first-order valence-corrected chi connectivity index (χ1v) is 6.43. The molecule has 5 nitrogen and oxygen atoms in total. The summed E-state index contributed by atoms with van der Waals surface area (Å²) < 4.78 is 0. The topological polar surface area (TPSA) is 75.4 Å². The molecule has 0 aromatic heterocycles. The molecule has 98 valence electrons. The quantitative estimate of drug-likeness (QED) is 0.312. The van der Waals surface area contributed by atoms with Gasteiger partial charge in [0.05, 0.1) is 0 Å². The minimum absolute atomic E-state index is 0.118. The van der Waals surface area contributed by atoms with Gasteiger partial charge < -0.3 is 4.90 Å². The molecular formula is C12H23N3O2. The molecule has 1 fully saturated rings. The number of nitrogens with one attached hydrogen (secondary N) is 1. The van der Waals surface area contributed by atoms with Gasteiger partial charge in [-0.15, -0.1) is 0 Å². The lowest BCUT2D eigenvalue weighted by Gasteiger charge is -2.30. The number of hydrogen-bond donors (Lipinski definition) is 2. The highest BCUT2D eigenvalue weighted by Gasteiger charge is 2.24. The Balaban J connectivity index is 2.10. The van der Waals surface area contributed by atoms with Gasteiger partial charge in [-0.05, 0) is 25.7 Å². The van der Waals surface area contributed by atoms with Gasteiger partial charge in [-0.25, -0.2) is 5.84 Å². The van der Waals surface area contributed by atoms with Gasteiger partial charge in [0, 0.05) is 25.4 Å².